The third-order valence-electron chi connectivity index (χ3n) is 18.8. The first-order valence-electron chi connectivity index (χ1n) is 37.0. The molecular weight excluding hydrogens is 1350 g/mol. The van der Waals surface area contributed by atoms with Crippen LogP contribution in [0.25, 0.3) is 0 Å². The van der Waals surface area contributed by atoms with Crippen LogP contribution in [0.3, 0.4) is 0 Å². The lowest BCUT2D eigenvalue weighted by Crippen LogP contribution is -2.49. The number of amides is 4. The van der Waals surface area contributed by atoms with Gasteiger partial charge in [-0.1, -0.05) is 24.3 Å². The predicted molar refractivity (Wildman–Crippen MR) is 404 cm³/mol. The molecule has 24 nitrogen and oxygen atoms in total. The number of phenols is 8. The highest BCUT2D eigenvalue weighted by atomic mass is 16.6. The third kappa shape index (κ3) is 37.3. The van der Waals surface area contributed by atoms with Crippen molar-refractivity contribution >= 4 is 23.6 Å². The molecule has 0 radical (unpaired) electrons. The van der Waals surface area contributed by atoms with Gasteiger partial charge in [0.05, 0.1) is 103 Å². The van der Waals surface area contributed by atoms with Crippen LogP contribution >= 0.6 is 0 Å². The molecule has 0 aliphatic heterocycles. The van der Waals surface area contributed by atoms with Gasteiger partial charge in [0.1, 0.15) is 0 Å². The molecular formula is C81H128N4O20. The normalized spacial score (nSPS) is 12.9. The number of aromatic hydroxyl groups is 8. The molecule has 0 bridgehead atoms. The number of phenolic OH excluding ortho intramolecular Hbond substituents is 8. The van der Waals surface area contributed by atoms with Crippen molar-refractivity contribution in [3.05, 3.63) is 95.1 Å². The summed E-state index contributed by atoms with van der Waals surface area (Å²) in [5.41, 5.74) is -3.47. The fraction of sp³-hybridized carbons (Fsp3) is 0.654. The number of carbonyl (C=O) groups excluding carboxylic acids is 4. The lowest BCUT2D eigenvalue weighted by molar-refractivity contribution is -0.197. The molecule has 0 aliphatic rings. The Morgan fingerprint density at radius 1 is 0.267 bits per heavy atom. The molecule has 4 rings (SSSR count). The second kappa shape index (κ2) is 41.3. The molecule has 24 heteroatoms. The number of carbonyl (C=O) groups is 4. The molecule has 592 valence electrons. The van der Waals surface area contributed by atoms with Crippen molar-refractivity contribution in [2.24, 2.45) is 5.41 Å². The lowest BCUT2D eigenvalue weighted by Gasteiger charge is -2.42. The maximum atomic E-state index is 12.8. The first-order chi connectivity index (χ1) is 48.8. The topological polar surface area (TPSA) is 352 Å². The molecule has 0 atom stereocenters. The summed E-state index contributed by atoms with van der Waals surface area (Å²) in [5, 5.41) is 90.3. The molecule has 105 heavy (non-hydrogen) atoms. The molecule has 0 saturated carbocycles. The van der Waals surface area contributed by atoms with Crippen LogP contribution in [0, 0.1) is 5.41 Å². The van der Waals surface area contributed by atoms with E-state index < -0.39 is 50.2 Å². The number of nitrogens with one attached hydrogen (secondary N) is 4. The van der Waals surface area contributed by atoms with E-state index in [4.69, 9.17) is 37.9 Å². The van der Waals surface area contributed by atoms with E-state index in [1.54, 1.807) is 24.3 Å². The van der Waals surface area contributed by atoms with Crippen LogP contribution in [0.4, 0.5) is 0 Å². The highest BCUT2D eigenvalue weighted by Crippen LogP contribution is 2.35. The van der Waals surface area contributed by atoms with Gasteiger partial charge in [0.2, 0.25) is 23.6 Å². The maximum Gasteiger partial charge on any atom is 0.220 e. The molecule has 12 N–H and O–H groups in total. The van der Waals surface area contributed by atoms with E-state index in [1.807, 2.05) is 111 Å². The van der Waals surface area contributed by atoms with Crippen molar-refractivity contribution < 1.29 is 97.9 Å². The van der Waals surface area contributed by atoms with E-state index in [9.17, 15) is 60.0 Å². The summed E-state index contributed by atoms with van der Waals surface area (Å²) >= 11 is 0. The molecule has 0 heterocycles. The average Bonchev–Trinajstić information content (AvgIpc) is 0.814. The zero-order valence-electron chi connectivity index (χ0n) is 65.7. The zero-order chi connectivity index (χ0) is 78.5. The van der Waals surface area contributed by atoms with Crippen molar-refractivity contribution in [1.29, 1.82) is 0 Å². The molecule has 0 spiro atoms. The van der Waals surface area contributed by atoms with Crippen LogP contribution in [-0.4, -0.2) is 188 Å². The Morgan fingerprint density at radius 2 is 0.448 bits per heavy atom. The second-order valence-corrected chi connectivity index (χ2v) is 32.8. The van der Waals surface area contributed by atoms with Crippen molar-refractivity contribution in [3.8, 4) is 46.0 Å². The Labute approximate surface area is 624 Å². The van der Waals surface area contributed by atoms with Gasteiger partial charge in [-0.3, -0.25) is 19.2 Å². The minimum absolute atomic E-state index is 0.132. The minimum Gasteiger partial charge on any atom is -0.504 e. The van der Waals surface area contributed by atoms with Crippen molar-refractivity contribution in [2.45, 2.75) is 258 Å². The molecule has 4 aromatic rings. The zero-order valence-corrected chi connectivity index (χ0v) is 65.7. The summed E-state index contributed by atoms with van der Waals surface area (Å²) in [6, 6.07) is 18.1. The van der Waals surface area contributed by atoms with Crippen molar-refractivity contribution in [3.63, 3.8) is 0 Å². The Bertz CT molecular complexity index is 2910. The molecule has 0 fully saturated rings. The molecule has 0 saturated heterocycles. The van der Waals surface area contributed by atoms with E-state index in [-0.39, 0.29) is 122 Å². The largest absolute Gasteiger partial charge is 0.504 e. The minimum atomic E-state index is -0.951. The van der Waals surface area contributed by atoms with Crippen molar-refractivity contribution in [1.82, 2.24) is 21.3 Å². The fourth-order valence-electron chi connectivity index (χ4n) is 10.8. The van der Waals surface area contributed by atoms with Crippen LogP contribution in [0.1, 0.15) is 210 Å². The molecule has 0 aromatic heterocycles. The van der Waals surface area contributed by atoms with Crippen LogP contribution < -0.4 is 21.3 Å². The lowest BCUT2D eigenvalue weighted by atomic mass is 9.89. The predicted octanol–water partition coefficient (Wildman–Crippen LogP) is 12.1. The Balaban J connectivity index is 1.50. The summed E-state index contributed by atoms with van der Waals surface area (Å²) < 4.78 is 54.2. The van der Waals surface area contributed by atoms with Crippen LogP contribution in [0.5, 0.6) is 46.0 Å². The number of hydrogen-bond donors (Lipinski definition) is 12. The van der Waals surface area contributed by atoms with Gasteiger partial charge in [0, 0.05) is 51.9 Å². The SMILES string of the molecule is CC(C)(CCNC(=O)CCc1ccc(O)c(O)c1)OCCC(C)(C)OCC(COC(C)(C)CCOC(C)(C)CCNC(=O)CCc1ccc(O)c(O)c1)(COC(C)(C)CCOC(C)(C)CCNC(=O)CCc1ccc(O)c(O)c1)COC(C)(C)CCOC(C)(C)CCNC(=O)CCc1ccc(O)c(O)c1. The Hall–Kier alpha value is -7.16. The van der Waals surface area contributed by atoms with Gasteiger partial charge in [0.15, 0.2) is 46.0 Å². The standard InChI is InChI=1S/C81H128N4O20/c1-73(2,33-41-82-69(94)29-21-57-17-25-61(86)65(90)49-57)98-45-37-77(9,10)102-53-81(54-103-78(11,12)38-46-99-74(3,4)34-42-83-70(95)30-22-58-18-26-62(87)66(91)50-58,55-104-79(13,14)39-47-100-75(5,6)35-43-84-71(96)31-23-59-19-27-63(88)67(92)51-59)56-105-80(15,16)40-48-101-76(7,8)36-44-85-72(97)32-24-60-20-28-64(89)68(93)52-60/h17-20,25-28,49-52,86-93H,21-24,29-48,53-56H2,1-16H3,(H,82,94)(H,83,95)(H,84,96)(H,85,97). The maximum absolute atomic E-state index is 12.8. The van der Waals surface area contributed by atoms with E-state index >= 15 is 0 Å². The first-order valence-corrected chi connectivity index (χ1v) is 37.0. The Morgan fingerprint density at radius 3 is 0.629 bits per heavy atom. The van der Waals surface area contributed by atoms with Crippen LogP contribution in [0.15, 0.2) is 72.8 Å². The monoisotopic (exact) mass is 1480 g/mol. The van der Waals surface area contributed by atoms with Gasteiger partial charge in [-0.15, -0.1) is 0 Å². The molecule has 0 aliphatic carbocycles. The summed E-state index contributed by atoms with van der Waals surface area (Å²) in [7, 11) is 0. The summed E-state index contributed by atoms with van der Waals surface area (Å²) in [4.78, 5) is 51.4. The van der Waals surface area contributed by atoms with Gasteiger partial charge >= 0.3 is 0 Å². The first kappa shape index (κ1) is 90.2. The molecule has 4 amide bonds. The van der Waals surface area contributed by atoms with Gasteiger partial charge in [0.25, 0.3) is 0 Å². The molecule has 4 aromatic carbocycles. The quantitative estimate of drug-likeness (QED) is 0.0183. The van der Waals surface area contributed by atoms with E-state index in [0.29, 0.717) is 130 Å². The van der Waals surface area contributed by atoms with Gasteiger partial charge in [-0.2, -0.15) is 0 Å². The Kier molecular flexibility index (Phi) is 35.5. The molecule has 0 unspecified atom stereocenters. The van der Waals surface area contributed by atoms with Gasteiger partial charge in [-0.05, 0) is 259 Å². The second-order valence-electron chi connectivity index (χ2n) is 32.8. The van der Waals surface area contributed by atoms with E-state index in [2.05, 4.69) is 21.3 Å². The van der Waals surface area contributed by atoms with Crippen LogP contribution in [0.2, 0.25) is 0 Å². The van der Waals surface area contributed by atoms with Gasteiger partial charge in [-0.25, -0.2) is 0 Å². The summed E-state index contributed by atoms with van der Waals surface area (Å²) in [6.07, 6.45) is 6.53. The smallest absolute Gasteiger partial charge is 0.220 e. The number of benzene rings is 4. The van der Waals surface area contributed by atoms with E-state index in [0.717, 1.165) is 22.3 Å². The third-order valence-corrected chi connectivity index (χ3v) is 18.8. The highest BCUT2D eigenvalue weighted by Gasteiger charge is 2.41. The highest BCUT2D eigenvalue weighted by molar-refractivity contribution is 5.77. The number of rotatable bonds is 52. The van der Waals surface area contributed by atoms with Crippen molar-refractivity contribution in [2.75, 3.05) is 79.0 Å². The number of ether oxygens (including phenoxy) is 8. The fourth-order valence-corrected chi connectivity index (χ4v) is 10.8. The number of aryl methyl sites for hydroxylation is 4. The van der Waals surface area contributed by atoms with Gasteiger partial charge < -0.3 is 100 Å². The van der Waals surface area contributed by atoms with E-state index in [1.165, 1.54) is 48.5 Å². The average molecular weight is 1480 g/mol. The number of hydrogen-bond acceptors (Lipinski definition) is 20. The summed E-state index contributed by atoms with van der Waals surface area (Å²) in [5.74, 6) is -2.39. The summed E-state index contributed by atoms with van der Waals surface area (Å²) in [6.45, 7) is 35.3. The van der Waals surface area contributed by atoms with Crippen LogP contribution in [-0.2, 0) is 82.8 Å².